The maximum Gasteiger partial charge on any atom is 0.387 e. The molecule has 0 unspecified atom stereocenters. The van der Waals surface area contributed by atoms with Crippen LogP contribution in [0.25, 0.3) is 22.3 Å². The van der Waals surface area contributed by atoms with Crippen molar-refractivity contribution in [1.29, 1.82) is 0 Å². The number of ether oxygens (including phenoxy) is 1. The van der Waals surface area contributed by atoms with Crippen molar-refractivity contribution in [3.63, 3.8) is 0 Å². The zero-order valence-electron chi connectivity index (χ0n) is 14.4. The van der Waals surface area contributed by atoms with E-state index in [1.54, 1.807) is 18.2 Å². The summed E-state index contributed by atoms with van der Waals surface area (Å²) in [7, 11) is 0. The van der Waals surface area contributed by atoms with Crippen molar-refractivity contribution in [3.8, 4) is 28.0 Å². The predicted molar refractivity (Wildman–Crippen MR) is 97.9 cm³/mol. The standard InChI is InChI=1S/C22H19F3O/c1-2-3-15-4-13-20(21(23)14-15)18-7-5-16(6-8-18)17-9-11-19(12-10-17)26-22(24)25/h4-14,22H,2-3H2,1H3. The van der Waals surface area contributed by atoms with Gasteiger partial charge in [0.2, 0.25) is 0 Å². The van der Waals surface area contributed by atoms with Gasteiger partial charge in [-0.25, -0.2) is 4.39 Å². The maximum absolute atomic E-state index is 14.4. The molecule has 0 saturated heterocycles. The van der Waals surface area contributed by atoms with Crippen LogP contribution in [-0.2, 0) is 6.42 Å². The third-order valence-corrected chi connectivity index (χ3v) is 4.18. The van der Waals surface area contributed by atoms with E-state index in [1.807, 2.05) is 36.4 Å². The Balaban J connectivity index is 1.80. The number of rotatable bonds is 6. The first kappa shape index (κ1) is 18.1. The number of halogens is 3. The van der Waals surface area contributed by atoms with Crippen LogP contribution in [0.1, 0.15) is 18.9 Å². The van der Waals surface area contributed by atoms with E-state index in [-0.39, 0.29) is 11.6 Å². The fraction of sp³-hybridized carbons (Fsp3) is 0.182. The predicted octanol–water partition coefficient (Wildman–Crippen LogP) is 6.71. The molecule has 0 spiro atoms. The number of hydrogen-bond donors (Lipinski definition) is 0. The van der Waals surface area contributed by atoms with Crippen LogP contribution >= 0.6 is 0 Å². The van der Waals surface area contributed by atoms with Crippen molar-refractivity contribution >= 4 is 0 Å². The molecule has 4 heteroatoms. The zero-order valence-corrected chi connectivity index (χ0v) is 14.4. The summed E-state index contributed by atoms with van der Waals surface area (Å²) in [5.41, 5.74) is 4.15. The first-order chi connectivity index (χ1) is 12.6. The molecule has 0 fully saturated rings. The maximum atomic E-state index is 14.4. The molecule has 0 radical (unpaired) electrons. The van der Waals surface area contributed by atoms with Crippen molar-refractivity contribution in [2.75, 3.05) is 0 Å². The molecule has 0 atom stereocenters. The lowest BCUT2D eigenvalue weighted by atomic mass is 9.98. The van der Waals surface area contributed by atoms with Crippen molar-refractivity contribution in [2.24, 2.45) is 0 Å². The van der Waals surface area contributed by atoms with E-state index in [0.717, 1.165) is 35.1 Å². The average molecular weight is 356 g/mol. The van der Waals surface area contributed by atoms with Gasteiger partial charge in [-0.3, -0.25) is 0 Å². The second-order valence-electron chi connectivity index (χ2n) is 6.04. The van der Waals surface area contributed by atoms with Crippen molar-refractivity contribution < 1.29 is 17.9 Å². The molecule has 3 aromatic rings. The topological polar surface area (TPSA) is 9.23 Å². The Morgan fingerprint density at radius 3 is 1.92 bits per heavy atom. The molecule has 0 bridgehead atoms. The van der Waals surface area contributed by atoms with E-state index in [0.29, 0.717) is 5.56 Å². The van der Waals surface area contributed by atoms with Crippen LogP contribution in [0.3, 0.4) is 0 Å². The number of alkyl halides is 2. The first-order valence-corrected chi connectivity index (χ1v) is 8.51. The van der Waals surface area contributed by atoms with E-state index in [1.165, 1.54) is 12.1 Å². The Kier molecular flexibility index (Phi) is 5.61. The molecule has 3 aromatic carbocycles. The fourth-order valence-corrected chi connectivity index (χ4v) is 2.91. The highest BCUT2D eigenvalue weighted by molar-refractivity contribution is 5.71. The minimum absolute atomic E-state index is 0.120. The highest BCUT2D eigenvalue weighted by atomic mass is 19.3. The Morgan fingerprint density at radius 2 is 1.38 bits per heavy atom. The second-order valence-corrected chi connectivity index (χ2v) is 6.04. The quantitative estimate of drug-likeness (QED) is 0.477. The molecular weight excluding hydrogens is 337 g/mol. The van der Waals surface area contributed by atoms with Crippen LogP contribution < -0.4 is 4.74 Å². The smallest absolute Gasteiger partial charge is 0.387 e. The van der Waals surface area contributed by atoms with Gasteiger partial charge in [0.05, 0.1) is 0 Å². The van der Waals surface area contributed by atoms with Crippen LogP contribution in [0, 0.1) is 5.82 Å². The van der Waals surface area contributed by atoms with Gasteiger partial charge in [0.15, 0.2) is 0 Å². The van der Waals surface area contributed by atoms with E-state index in [2.05, 4.69) is 11.7 Å². The Bertz CT molecular complexity index is 856. The Morgan fingerprint density at radius 1 is 0.808 bits per heavy atom. The third kappa shape index (κ3) is 4.26. The van der Waals surface area contributed by atoms with Gasteiger partial charge < -0.3 is 4.74 Å². The highest BCUT2D eigenvalue weighted by Gasteiger charge is 2.08. The molecule has 1 nitrogen and oxygen atoms in total. The molecule has 26 heavy (non-hydrogen) atoms. The second kappa shape index (κ2) is 8.09. The average Bonchev–Trinajstić information content (AvgIpc) is 2.63. The summed E-state index contributed by atoms with van der Waals surface area (Å²) in [6.07, 6.45) is 1.84. The van der Waals surface area contributed by atoms with Crippen LogP contribution in [0.15, 0.2) is 66.7 Å². The SMILES string of the molecule is CCCc1ccc(-c2ccc(-c3ccc(OC(F)F)cc3)cc2)c(F)c1. The minimum Gasteiger partial charge on any atom is -0.435 e. The van der Waals surface area contributed by atoms with Gasteiger partial charge in [-0.15, -0.1) is 0 Å². The lowest BCUT2D eigenvalue weighted by Gasteiger charge is -2.09. The third-order valence-electron chi connectivity index (χ3n) is 4.18. The van der Waals surface area contributed by atoms with Gasteiger partial charge in [-0.05, 0) is 46.9 Å². The zero-order chi connectivity index (χ0) is 18.5. The lowest BCUT2D eigenvalue weighted by molar-refractivity contribution is -0.0498. The largest absolute Gasteiger partial charge is 0.435 e. The summed E-state index contributed by atoms with van der Waals surface area (Å²) < 4.78 is 43.1. The van der Waals surface area contributed by atoms with Crippen LogP contribution in [-0.4, -0.2) is 6.61 Å². The van der Waals surface area contributed by atoms with Crippen LogP contribution in [0.2, 0.25) is 0 Å². The van der Waals surface area contributed by atoms with Crippen LogP contribution in [0.5, 0.6) is 5.75 Å². The van der Waals surface area contributed by atoms with Crippen LogP contribution in [0.4, 0.5) is 13.2 Å². The molecule has 0 amide bonds. The molecule has 134 valence electrons. The summed E-state index contributed by atoms with van der Waals surface area (Å²) in [6, 6.07) is 19.3. The fourth-order valence-electron chi connectivity index (χ4n) is 2.91. The molecule has 0 aromatic heterocycles. The van der Waals surface area contributed by atoms with Crippen molar-refractivity contribution in [1.82, 2.24) is 0 Å². The molecular formula is C22H19F3O. The Hall–Kier alpha value is -2.75. The molecule has 0 aliphatic carbocycles. The minimum atomic E-state index is -2.83. The molecule has 0 aliphatic heterocycles. The number of benzene rings is 3. The highest BCUT2D eigenvalue weighted by Crippen LogP contribution is 2.28. The van der Waals surface area contributed by atoms with Crippen molar-refractivity contribution in [3.05, 3.63) is 78.1 Å². The summed E-state index contributed by atoms with van der Waals surface area (Å²) in [5.74, 6) is -0.105. The molecule has 3 rings (SSSR count). The van der Waals surface area contributed by atoms with Gasteiger partial charge in [0.25, 0.3) is 0 Å². The van der Waals surface area contributed by atoms with Gasteiger partial charge in [0, 0.05) is 5.56 Å². The van der Waals surface area contributed by atoms with E-state index in [4.69, 9.17) is 0 Å². The summed E-state index contributed by atoms with van der Waals surface area (Å²) in [5, 5.41) is 0. The van der Waals surface area contributed by atoms with Gasteiger partial charge in [0.1, 0.15) is 11.6 Å². The molecule has 0 saturated carbocycles. The summed E-state index contributed by atoms with van der Waals surface area (Å²) in [4.78, 5) is 0. The van der Waals surface area contributed by atoms with E-state index in [9.17, 15) is 13.2 Å². The normalized spacial score (nSPS) is 11.0. The Labute approximate surface area is 151 Å². The summed E-state index contributed by atoms with van der Waals surface area (Å²) in [6.45, 7) is -0.768. The molecule has 0 N–H and O–H groups in total. The number of aryl methyl sites for hydroxylation is 1. The lowest BCUT2D eigenvalue weighted by Crippen LogP contribution is -2.01. The van der Waals surface area contributed by atoms with E-state index < -0.39 is 6.61 Å². The van der Waals surface area contributed by atoms with Crippen molar-refractivity contribution in [2.45, 2.75) is 26.4 Å². The summed E-state index contributed by atoms with van der Waals surface area (Å²) >= 11 is 0. The first-order valence-electron chi connectivity index (χ1n) is 8.51. The molecule has 0 aliphatic rings. The van der Waals surface area contributed by atoms with Gasteiger partial charge in [-0.1, -0.05) is 61.9 Å². The molecule has 0 heterocycles. The van der Waals surface area contributed by atoms with Gasteiger partial charge >= 0.3 is 6.61 Å². The van der Waals surface area contributed by atoms with Gasteiger partial charge in [-0.2, -0.15) is 8.78 Å². The number of hydrogen-bond acceptors (Lipinski definition) is 1. The monoisotopic (exact) mass is 356 g/mol. The van der Waals surface area contributed by atoms with E-state index >= 15 is 0 Å².